The van der Waals surface area contributed by atoms with E-state index in [0.29, 0.717) is 30.2 Å². The number of aromatic nitrogens is 2. The fourth-order valence-electron chi connectivity index (χ4n) is 3.97. The molecular weight excluding hydrogens is 389 g/mol. The Morgan fingerprint density at radius 2 is 1.94 bits per heavy atom. The molecule has 1 N–H and O–H groups in total. The van der Waals surface area contributed by atoms with E-state index in [2.05, 4.69) is 29.5 Å². The van der Waals surface area contributed by atoms with Crippen molar-refractivity contribution in [1.82, 2.24) is 9.97 Å². The molecule has 5 heteroatoms. The molecule has 0 aliphatic heterocycles. The maximum Gasteiger partial charge on any atom is 0.223 e. The first-order chi connectivity index (χ1) is 15.1. The highest BCUT2D eigenvalue weighted by Gasteiger charge is 2.28. The fraction of sp³-hybridized carbons (Fsp3) is 0.154. The highest BCUT2D eigenvalue weighted by atomic mass is 19.1. The topological polar surface area (TPSA) is 47.0 Å². The van der Waals surface area contributed by atoms with Crippen LogP contribution in [0.3, 0.4) is 0 Å². The third kappa shape index (κ3) is 4.12. The van der Waals surface area contributed by atoms with Crippen LogP contribution in [-0.4, -0.2) is 23.6 Å². The summed E-state index contributed by atoms with van der Waals surface area (Å²) in [5.74, 6) is 0.900. The van der Waals surface area contributed by atoms with Crippen LogP contribution in [0.4, 0.5) is 10.3 Å². The summed E-state index contributed by atoms with van der Waals surface area (Å²) >= 11 is 0. The number of ether oxygens (including phenoxy) is 1. The number of fused-ring (bicyclic) bond motifs is 3. The molecule has 0 saturated carbocycles. The van der Waals surface area contributed by atoms with Gasteiger partial charge in [-0.3, -0.25) is 0 Å². The predicted octanol–water partition coefficient (Wildman–Crippen LogP) is 5.66. The molecule has 1 atom stereocenters. The fourth-order valence-corrected chi connectivity index (χ4v) is 3.97. The van der Waals surface area contributed by atoms with E-state index in [-0.39, 0.29) is 11.7 Å². The van der Waals surface area contributed by atoms with Crippen LogP contribution < -0.4 is 5.32 Å². The second kappa shape index (κ2) is 8.96. The smallest absolute Gasteiger partial charge is 0.223 e. The molecular formula is C26H24FN3O. The summed E-state index contributed by atoms with van der Waals surface area (Å²) in [6.45, 7) is 8.16. The number of hydrogen-bond donors (Lipinski definition) is 1. The van der Waals surface area contributed by atoms with Gasteiger partial charge < -0.3 is 10.1 Å². The first-order valence-electron chi connectivity index (χ1n) is 10.1. The Kier molecular flexibility index (Phi) is 5.94. The van der Waals surface area contributed by atoms with Crippen molar-refractivity contribution in [3.05, 3.63) is 114 Å². The molecule has 1 aliphatic carbocycles. The Morgan fingerprint density at radius 1 is 1.19 bits per heavy atom. The Bertz CT molecular complexity index is 1170. The van der Waals surface area contributed by atoms with Crippen LogP contribution in [0.1, 0.15) is 22.6 Å². The van der Waals surface area contributed by atoms with Gasteiger partial charge in [0.25, 0.3) is 0 Å². The molecule has 156 valence electrons. The summed E-state index contributed by atoms with van der Waals surface area (Å²) in [5, 5.41) is 3.21. The third-order valence-corrected chi connectivity index (χ3v) is 5.46. The predicted molar refractivity (Wildman–Crippen MR) is 122 cm³/mol. The molecule has 4 rings (SSSR count). The van der Waals surface area contributed by atoms with E-state index < -0.39 is 0 Å². The molecule has 0 spiro atoms. The van der Waals surface area contributed by atoms with Gasteiger partial charge in [-0.25, -0.2) is 14.4 Å². The van der Waals surface area contributed by atoms with Gasteiger partial charge in [0.15, 0.2) is 0 Å². The maximum atomic E-state index is 14.6. The molecule has 1 aliphatic rings. The van der Waals surface area contributed by atoms with Crippen molar-refractivity contribution in [3.8, 4) is 11.3 Å². The molecule has 1 aromatic heterocycles. The lowest BCUT2D eigenvalue weighted by molar-refractivity contribution is 0.300. The van der Waals surface area contributed by atoms with E-state index in [1.54, 1.807) is 25.3 Å². The van der Waals surface area contributed by atoms with E-state index in [9.17, 15) is 4.39 Å². The highest BCUT2D eigenvalue weighted by Crippen LogP contribution is 2.42. The second-order valence-electron chi connectivity index (χ2n) is 7.36. The van der Waals surface area contributed by atoms with Gasteiger partial charge in [0.2, 0.25) is 5.95 Å². The van der Waals surface area contributed by atoms with E-state index in [4.69, 9.17) is 9.72 Å². The second-order valence-corrected chi connectivity index (χ2v) is 7.36. The van der Waals surface area contributed by atoms with E-state index in [1.807, 2.05) is 36.5 Å². The third-order valence-electron chi connectivity index (χ3n) is 5.46. The first kappa shape index (κ1) is 20.5. The van der Waals surface area contributed by atoms with Crippen molar-refractivity contribution >= 4 is 5.95 Å². The minimum atomic E-state index is -0.190. The van der Waals surface area contributed by atoms with E-state index in [1.165, 1.54) is 6.07 Å². The lowest BCUT2D eigenvalue weighted by Crippen LogP contribution is -2.17. The van der Waals surface area contributed by atoms with Crippen molar-refractivity contribution in [1.29, 1.82) is 0 Å². The first-order valence-corrected chi connectivity index (χ1v) is 10.1. The number of nitrogens with one attached hydrogen (secondary N) is 1. The number of anilines is 1. The summed E-state index contributed by atoms with van der Waals surface area (Å²) in [6.07, 6.45) is 5.89. The summed E-state index contributed by atoms with van der Waals surface area (Å²) in [5.41, 5.74) is 5.42. The Labute approximate surface area is 181 Å². The van der Waals surface area contributed by atoms with Gasteiger partial charge in [-0.05, 0) is 35.3 Å². The molecule has 0 amide bonds. The largest absolute Gasteiger partial charge is 0.496 e. The molecule has 3 aromatic rings. The summed E-state index contributed by atoms with van der Waals surface area (Å²) < 4.78 is 19.9. The number of allylic oxidation sites excluding steroid dienone is 2. The van der Waals surface area contributed by atoms with Gasteiger partial charge in [-0.15, -0.1) is 0 Å². The minimum Gasteiger partial charge on any atom is -0.496 e. The van der Waals surface area contributed by atoms with Crippen LogP contribution in [-0.2, 0) is 11.2 Å². The molecule has 2 aromatic carbocycles. The van der Waals surface area contributed by atoms with Crippen molar-refractivity contribution in [3.63, 3.8) is 0 Å². The van der Waals surface area contributed by atoms with Crippen molar-refractivity contribution in [2.75, 3.05) is 19.0 Å². The van der Waals surface area contributed by atoms with Crippen molar-refractivity contribution in [2.45, 2.75) is 12.3 Å². The number of hydrogen-bond acceptors (Lipinski definition) is 4. The van der Waals surface area contributed by atoms with E-state index >= 15 is 0 Å². The number of rotatable bonds is 7. The lowest BCUT2D eigenvalue weighted by atomic mass is 9.78. The average Bonchev–Trinajstić information content (AvgIpc) is 2.81. The lowest BCUT2D eigenvalue weighted by Gasteiger charge is -2.27. The highest BCUT2D eigenvalue weighted by molar-refractivity contribution is 5.72. The van der Waals surface area contributed by atoms with Crippen molar-refractivity contribution in [2.24, 2.45) is 0 Å². The molecule has 0 saturated heterocycles. The quantitative estimate of drug-likeness (QED) is 0.401. The number of halogens is 1. The molecule has 0 bridgehead atoms. The summed E-state index contributed by atoms with van der Waals surface area (Å²) in [4.78, 5) is 9.25. The Hall–Kier alpha value is -3.73. The molecule has 4 nitrogen and oxygen atoms in total. The maximum absolute atomic E-state index is 14.6. The molecule has 0 fully saturated rings. The van der Waals surface area contributed by atoms with Crippen LogP contribution in [0, 0.1) is 5.82 Å². The van der Waals surface area contributed by atoms with Gasteiger partial charge in [-0.1, -0.05) is 61.7 Å². The minimum absolute atomic E-state index is 0.0691. The molecule has 1 unspecified atom stereocenters. The monoisotopic (exact) mass is 413 g/mol. The SMILES string of the molecule is C=C/C=C(/OC)C(=C)CNc1ncc2c(n1)-c1ccccc1C(c1ccccc1F)C2. The standard InChI is InChI=1S/C26H24FN3O/c1-4-9-24(31-3)17(2)15-28-26-29-16-18-14-22(20-11-7-8-13-23(20)27)19-10-5-6-12-21(19)25(18)30-26/h4-13,16,22H,1-2,14-15H2,3H3,(H,28,29,30)/b24-9+. The van der Waals surface area contributed by atoms with Gasteiger partial charge >= 0.3 is 0 Å². The van der Waals surface area contributed by atoms with Crippen molar-refractivity contribution < 1.29 is 9.13 Å². The zero-order valence-electron chi connectivity index (χ0n) is 17.4. The molecule has 0 radical (unpaired) electrons. The summed E-state index contributed by atoms with van der Waals surface area (Å²) in [6, 6.07) is 15.0. The van der Waals surface area contributed by atoms with Crippen LogP contribution in [0.2, 0.25) is 0 Å². The number of methoxy groups -OCH3 is 1. The van der Waals surface area contributed by atoms with Crippen LogP contribution >= 0.6 is 0 Å². The van der Waals surface area contributed by atoms with Gasteiger partial charge in [0.05, 0.1) is 12.8 Å². The Morgan fingerprint density at radius 3 is 2.68 bits per heavy atom. The zero-order chi connectivity index (χ0) is 21.8. The van der Waals surface area contributed by atoms with Crippen LogP contribution in [0.15, 0.2) is 91.4 Å². The normalized spacial score (nSPS) is 14.9. The number of benzene rings is 2. The van der Waals surface area contributed by atoms with Crippen LogP contribution in [0.25, 0.3) is 11.3 Å². The summed E-state index contributed by atoms with van der Waals surface area (Å²) in [7, 11) is 1.60. The van der Waals surface area contributed by atoms with Crippen LogP contribution in [0.5, 0.6) is 0 Å². The van der Waals surface area contributed by atoms with E-state index in [0.717, 1.165) is 28.0 Å². The van der Waals surface area contributed by atoms with Gasteiger partial charge in [0.1, 0.15) is 11.6 Å². The molecule has 1 heterocycles. The van der Waals surface area contributed by atoms with Gasteiger partial charge in [-0.2, -0.15) is 0 Å². The Balaban J connectivity index is 1.64. The van der Waals surface area contributed by atoms with Gasteiger partial charge in [0, 0.05) is 29.8 Å². The average molecular weight is 413 g/mol. The zero-order valence-corrected chi connectivity index (χ0v) is 17.4. The number of nitrogens with zero attached hydrogens (tertiary/aromatic N) is 2. The molecule has 31 heavy (non-hydrogen) atoms.